The molecule has 1 aliphatic rings. The van der Waals surface area contributed by atoms with E-state index in [1.807, 2.05) is 20.8 Å². The van der Waals surface area contributed by atoms with E-state index in [-0.39, 0.29) is 29.0 Å². The highest BCUT2D eigenvalue weighted by Crippen LogP contribution is 2.18. The molecule has 0 aromatic carbocycles. The van der Waals surface area contributed by atoms with Gasteiger partial charge < -0.3 is 10.2 Å². The molecule has 2 rings (SSSR count). The number of nitrogens with zero attached hydrogens (tertiary/aromatic N) is 3. The SMILES string of the molecule is CN(C(=O)c1cnc(NC(C)(C)C)nc1)C1CCS(=O)(=O)C1. The summed E-state index contributed by atoms with van der Waals surface area (Å²) in [5.41, 5.74) is 0.187. The van der Waals surface area contributed by atoms with E-state index in [2.05, 4.69) is 15.3 Å². The zero-order chi connectivity index (χ0) is 16.5. The third kappa shape index (κ3) is 4.16. The number of carbonyl (C=O) groups is 1. The quantitative estimate of drug-likeness (QED) is 0.889. The first-order chi connectivity index (χ1) is 10.1. The molecule has 1 saturated heterocycles. The number of anilines is 1. The van der Waals surface area contributed by atoms with Crippen LogP contribution >= 0.6 is 0 Å². The number of sulfone groups is 1. The summed E-state index contributed by atoms with van der Waals surface area (Å²) in [5.74, 6) is 0.361. The molecule has 1 aliphatic heterocycles. The van der Waals surface area contributed by atoms with Crippen LogP contribution in [0.1, 0.15) is 37.6 Å². The van der Waals surface area contributed by atoms with Gasteiger partial charge in [-0.15, -0.1) is 0 Å². The molecule has 1 aromatic heterocycles. The first kappa shape index (κ1) is 16.7. The van der Waals surface area contributed by atoms with E-state index in [0.29, 0.717) is 17.9 Å². The van der Waals surface area contributed by atoms with Gasteiger partial charge in [-0.3, -0.25) is 4.79 Å². The van der Waals surface area contributed by atoms with Gasteiger partial charge >= 0.3 is 0 Å². The van der Waals surface area contributed by atoms with E-state index in [0.717, 1.165) is 0 Å². The van der Waals surface area contributed by atoms with Gasteiger partial charge in [0.05, 0.1) is 17.1 Å². The zero-order valence-electron chi connectivity index (χ0n) is 13.3. The number of hydrogen-bond acceptors (Lipinski definition) is 6. The van der Waals surface area contributed by atoms with E-state index in [4.69, 9.17) is 0 Å². The monoisotopic (exact) mass is 326 g/mol. The van der Waals surface area contributed by atoms with Crippen molar-refractivity contribution in [2.45, 2.75) is 38.8 Å². The number of rotatable bonds is 3. The number of hydrogen-bond donors (Lipinski definition) is 1. The fraction of sp³-hybridized carbons (Fsp3) is 0.643. The Balaban J connectivity index is 2.06. The maximum absolute atomic E-state index is 12.4. The molecule has 0 saturated carbocycles. The highest BCUT2D eigenvalue weighted by Gasteiger charge is 2.33. The molecular weight excluding hydrogens is 304 g/mol. The molecule has 1 unspecified atom stereocenters. The Kier molecular flexibility index (Phi) is 4.42. The van der Waals surface area contributed by atoms with E-state index in [1.165, 1.54) is 17.3 Å². The predicted molar refractivity (Wildman–Crippen MR) is 84.6 cm³/mol. The van der Waals surface area contributed by atoms with Crippen molar-refractivity contribution in [3.05, 3.63) is 18.0 Å². The van der Waals surface area contributed by atoms with Gasteiger partial charge in [0, 0.05) is 31.0 Å². The average Bonchev–Trinajstić information content (AvgIpc) is 2.76. The summed E-state index contributed by atoms with van der Waals surface area (Å²) in [7, 11) is -1.40. The molecule has 1 N–H and O–H groups in total. The number of aromatic nitrogens is 2. The standard InChI is InChI=1S/C14H22N4O3S/c1-14(2,3)17-13-15-7-10(8-16-13)12(19)18(4)11-5-6-22(20,21)9-11/h7-8,11H,5-6,9H2,1-4H3,(H,15,16,17). The molecule has 0 bridgehead atoms. The first-order valence-electron chi connectivity index (χ1n) is 7.15. The minimum Gasteiger partial charge on any atom is -0.350 e. The molecule has 22 heavy (non-hydrogen) atoms. The molecule has 1 aromatic rings. The summed E-state index contributed by atoms with van der Waals surface area (Å²) in [6, 6.07) is -0.273. The van der Waals surface area contributed by atoms with Gasteiger partial charge in [-0.2, -0.15) is 0 Å². The molecule has 8 heteroatoms. The molecule has 2 heterocycles. The van der Waals surface area contributed by atoms with Crippen molar-refractivity contribution in [1.82, 2.24) is 14.9 Å². The molecule has 7 nitrogen and oxygen atoms in total. The predicted octanol–water partition coefficient (Wildman–Crippen LogP) is 0.946. The third-order valence-corrected chi connectivity index (χ3v) is 5.21. The molecule has 1 fully saturated rings. The van der Waals surface area contributed by atoms with Crippen molar-refractivity contribution >= 4 is 21.7 Å². The van der Waals surface area contributed by atoms with Crippen LogP contribution in [0.5, 0.6) is 0 Å². The summed E-state index contributed by atoms with van der Waals surface area (Å²) in [5, 5.41) is 3.12. The van der Waals surface area contributed by atoms with Gasteiger partial charge in [0.1, 0.15) is 0 Å². The normalized spacial score (nSPS) is 20.6. The second-order valence-corrected chi connectivity index (χ2v) is 8.87. The maximum atomic E-state index is 12.4. The van der Waals surface area contributed by atoms with Crippen LogP contribution in [0.3, 0.4) is 0 Å². The van der Waals surface area contributed by atoms with Crippen molar-refractivity contribution < 1.29 is 13.2 Å². The van der Waals surface area contributed by atoms with E-state index < -0.39 is 9.84 Å². The highest BCUT2D eigenvalue weighted by molar-refractivity contribution is 7.91. The summed E-state index contributed by atoms with van der Waals surface area (Å²) < 4.78 is 23.0. The fourth-order valence-corrected chi connectivity index (χ4v) is 4.06. The fourth-order valence-electron chi connectivity index (χ4n) is 2.29. The van der Waals surface area contributed by atoms with Crippen molar-refractivity contribution in [3.8, 4) is 0 Å². The Bertz CT molecular complexity index is 650. The van der Waals surface area contributed by atoms with Crippen LogP contribution in [0.25, 0.3) is 0 Å². The van der Waals surface area contributed by atoms with Crippen molar-refractivity contribution in [2.75, 3.05) is 23.9 Å². The molecular formula is C14H22N4O3S. The summed E-state index contributed by atoms with van der Waals surface area (Å²) in [6.45, 7) is 5.97. The van der Waals surface area contributed by atoms with Crippen LogP contribution in [0.15, 0.2) is 12.4 Å². The topological polar surface area (TPSA) is 92.3 Å². The van der Waals surface area contributed by atoms with Crippen LogP contribution in [0.2, 0.25) is 0 Å². The Morgan fingerprint density at radius 3 is 2.36 bits per heavy atom. The van der Waals surface area contributed by atoms with Crippen LogP contribution in [-0.2, 0) is 9.84 Å². The zero-order valence-corrected chi connectivity index (χ0v) is 14.1. The van der Waals surface area contributed by atoms with E-state index in [9.17, 15) is 13.2 Å². The van der Waals surface area contributed by atoms with Gasteiger partial charge in [0.15, 0.2) is 9.84 Å². The minimum atomic E-state index is -3.02. The lowest BCUT2D eigenvalue weighted by molar-refractivity contribution is 0.0747. The van der Waals surface area contributed by atoms with Crippen LogP contribution < -0.4 is 5.32 Å². The smallest absolute Gasteiger partial charge is 0.257 e. The Morgan fingerprint density at radius 2 is 1.91 bits per heavy atom. The summed E-state index contributed by atoms with van der Waals surface area (Å²) >= 11 is 0. The van der Waals surface area contributed by atoms with Gasteiger partial charge in [-0.25, -0.2) is 18.4 Å². The molecule has 1 atom stereocenters. The Morgan fingerprint density at radius 1 is 1.32 bits per heavy atom. The summed E-state index contributed by atoms with van der Waals surface area (Å²) in [6.07, 6.45) is 3.40. The minimum absolute atomic E-state index is 0.0275. The van der Waals surface area contributed by atoms with Gasteiger partial charge in [-0.05, 0) is 27.2 Å². The lowest BCUT2D eigenvalue weighted by Crippen LogP contribution is -2.38. The van der Waals surface area contributed by atoms with Gasteiger partial charge in [-0.1, -0.05) is 0 Å². The number of carbonyl (C=O) groups excluding carboxylic acids is 1. The highest BCUT2D eigenvalue weighted by atomic mass is 32.2. The summed E-state index contributed by atoms with van der Waals surface area (Å²) in [4.78, 5) is 22.1. The molecule has 0 spiro atoms. The molecule has 1 amide bonds. The average molecular weight is 326 g/mol. The Labute approximate surface area is 131 Å². The third-order valence-electron chi connectivity index (χ3n) is 3.46. The lowest BCUT2D eigenvalue weighted by Gasteiger charge is -2.23. The second-order valence-electron chi connectivity index (χ2n) is 6.64. The number of nitrogens with one attached hydrogen (secondary N) is 1. The Hall–Kier alpha value is -1.70. The van der Waals surface area contributed by atoms with Gasteiger partial charge in [0.25, 0.3) is 5.91 Å². The number of amides is 1. The van der Waals surface area contributed by atoms with E-state index in [1.54, 1.807) is 7.05 Å². The first-order valence-corrected chi connectivity index (χ1v) is 8.97. The second kappa shape index (κ2) is 5.83. The van der Waals surface area contributed by atoms with Crippen molar-refractivity contribution in [3.63, 3.8) is 0 Å². The largest absolute Gasteiger partial charge is 0.350 e. The van der Waals surface area contributed by atoms with Crippen molar-refractivity contribution in [1.29, 1.82) is 0 Å². The molecule has 0 aliphatic carbocycles. The van der Waals surface area contributed by atoms with Crippen LogP contribution in [0.4, 0.5) is 5.95 Å². The molecule has 122 valence electrons. The van der Waals surface area contributed by atoms with Crippen LogP contribution in [-0.4, -0.2) is 59.3 Å². The van der Waals surface area contributed by atoms with Crippen LogP contribution in [0, 0.1) is 0 Å². The maximum Gasteiger partial charge on any atom is 0.257 e. The van der Waals surface area contributed by atoms with E-state index >= 15 is 0 Å². The van der Waals surface area contributed by atoms with Crippen molar-refractivity contribution in [2.24, 2.45) is 0 Å². The molecule has 0 radical (unpaired) electrons. The van der Waals surface area contributed by atoms with Gasteiger partial charge in [0.2, 0.25) is 5.95 Å². The lowest BCUT2D eigenvalue weighted by atomic mass is 10.1.